The van der Waals surface area contributed by atoms with Crippen LogP contribution in [0.4, 0.5) is 23.7 Å². The zero-order valence-corrected chi connectivity index (χ0v) is 22.1. The Morgan fingerprint density at radius 2 is 1.63 bits per heavy atom. The molecule has 1 aliphatic heterocycles. The van der Waals surface area contributed by atoms with Crippen LogP contribution in [0.1, 0.15) is 43.5 Å². The predicted molar refractivity (Wildman–Crippen MR) is 131 cm³/mol. The largest absolute Gasteiger partial charge is 0.416 e. The van der Waals surface area contributed by atoms with E-state index >= 15 is 0 Å². The van der Waals surface area contributed by atoms with E-state index in [1.54, 1.807) is 6.07 Å². The molecule has 0 aromatic heterocycles. The van der Waals surface area contributed by atoms with Crippen molar-refractivity contribution in [2.24, 2.45) is 0 Å². The topological polar surface area (TPSA) is 139 Å². The number of benzene rings is 2. The molecule has 38 heavy (non-hydrogen) atoms. The maximum Gasteiger partial charge on any atom is 0.416 e. The summed E-state index contributed by atoms with van der Waals surface area (Å²) in [4.78, 5) is 14.0. The van der Waals surface area contributed by atoms with Gasteiger partial charge in [-0.25, -0.2) is 25.9 Å². The van der Waals surface area contributed by atoms with Crippen LogP contribution in [-0.4, -0.2) is 38.7 Å². The van der Waals surface area contributed by atoms with E-state index in [2.05, 4.69) is 0 Å². The van der Waals surface area contributed by atoms with E-state index in [0.29, 0.717) is 15.3 Å². The number of hydrogen-bond acceptors (Lipinski definition) is 7. The number of carbonyl (C=O) groups excluding carboxylic acids is 1. The molecule has 3 rings (SSSR count). The second-order valence-electron chi connectivity index (χ2n) is 8.71. The first kappa shape index (κ1) is 28.7. The molecule has 200 valence electrons. The summed E-state index contributed by atoms with van der Waals surface area (Å²) in [5.41, 5.74) is -2.37. The third-order valence-corrected chi connectivity index (χ3v) is 9.13. The third kappa shape index (κ3) is 4.97. The highest BCUT2D eigenvalue weighted by atomic mass is 32.2. The molecule has 2 amide bonds. The molecule has 2 aromatic rings. The summed E-state index contributed by atoms with van der Waals surface area (Å²) in [5, 5.41) is 18.1. The monoisotopic (exact) mass is 566 g/mol. The van der Waals surface area contributed by atoms with Crippen LogP contribution in [0.15, 0.2) is 58.6 Å². The minimum atomic E-state index is -4.77. The molecular formula is C24H21F3N4O5S2. The number of alkyl halides is 3. The van der Waals surface area contributed by atoms with Gasteiger partial charge < -0.3 is 0 Å². The summed E-state index contributed by atoms with van der Waals surface area (Å²) in [6, 6.07) is 7.45. The highest BCUT2D eigenvalue weighted by Crippen LogP contribution is 2.44. The number of amides is 2. The first-order valence-electron chi connectivity index (χ1n) is 10.9. The van der Waals surface area contributed by atoms with Crippen molar-refractivity contribution in [2.45, 2.75) is 43.1 Å². The summed E-state index contributed by atoms with van der Waals surface area (Å²) in [6.07, 6.45) is -3.96. The quantitative estimate of drug-likeness (QED) is 0.519. The number of halogens is 3. The molecule has 0 bridgehead atoms. The van der Waals surface area contributed by atoms with Crippen molar-refractivity contribution in [2.75, 3.05) is 11.2 Å². The average Bonchev–Trinajstić information content (AvgIpc) is 2.82. The van der Waals surface area contributed by atoms with E-state index in [-0.39, 0.29) is 28.1 Å². The number of anilines is 1. The van der Waals surface area contributed by atoms with Gasteiger partial charge in [-0.05, 0) is 56.7 Å². The van der Waals surface area contributed by atoms with E-state index < -0.39 is 53.8 Å². The molecule has 2 aromatic carbocycles. The zero-order chi connectivity index (χ0) is 28.8. The molecule has 0 fully saturated rings. The molecule has 0 saturated carbocycles. The van der Waals surface area contributed by atoms with E-state index in [1.165, 1.54) is 26.8 Å². The molecule has 0 saturated heterocycles. The lowest BCUT2D eigenvalue weighted by molar-refractivity contribution is -0.137. The van der Waals surface area contributed by atoms with Gasteiger partial charge in [0.05, 0.1) is 44.7 Å². The van der Waals surface area contributed by atoms with Gasteiger partial charge in [0.25, 0.3) is 0 Å². The molecule has 0 spiro atoms. The zero-order valence-electron chi connectivity index (χ0n) is 20.5. The van der Waals surface area contributed by atoms with Gasteiger partial charge in [0.15, 0.2) is 9.84 Å². The van der Waals surface area contributed by atoms with E-state index in [4.69, 9.17) is 0 Å². The fourth-order valence-corrected chi connectivity index (χ4v) is 6.19. The van der Waals surface area contributed by atoms with Crippen LogP contribution >= 0.6 is 0 Å². The Bertz CT molecular complexity index is 1650. The Hall–Kier alpha value is -3.88. The normalized spacial score (nSPS) is 17.0. The first-order chi connectivity index (χ1) is 17.5. The molecule has 1 unspecified atom stereocenters. The fourth-order valence-electron chi connectivity index (χ4n) is 3.97. The molecule has 0 radical (unpaired) electrons. The minimum absolute atomic E-state index is 0.0700. The summed E-state index contributed by atoms with van der Waals surface area (Å²) in [6.45, 7) is 3.75. The molecule has 0 aliphatic carbocycles. The van der Waals surface area contributed by atoms with Gasteiger partial charge in [-0.3, -0.25) is 4.90 Å². The Morgan fingerprint density at radius 3 is 2.13 bits per heavy atom. The number of allylic oxidation sites excluding steroid dienone is 1. The molecule has 1 heterocycles. The molecular weight excluding hydrogens is 545 g/mol. The summed E-state index contributed by atoms with van der Waals surface area (Å²) in [7, 11) is -8.71. The van der Waals surface area contributed by atoms with Crippen molar-refractivity contribution in [1.82, 2.24) is 4.31 Å². The number of urea groups is 1. The Morgan fingerprint density at radius 1 is 1.00 bits per heavy atom. The predicted octanol–water partition coefficient (Wildman–Crippen LogP) is 4.50. The Kier molecular flexibility index (Phi) is 7.38. The average molecular weight is 567 g/mol. The smallest absolute Gasteiger partial charge is 0.265 e. The highest BCUT2D eigenvalue weighted by molar-refractivity contribution is 7.91. The molecule has 1 aliphatic rings. The van der Waals surface area contributed by atoms with Crippen LogP contribution in [0.2, 0.25) is 0 Å². The molecule has 14 heteroatoms. The van der Waals surface area contributed by atoms with E-state index in [9.17, 15) is 45.3 Å². The SMILES string of the molecule is CC1=C(C#N)C(c2ccc(C#N)cc2S(C)(=O)=O)N(S(=O)(=O)C(C)C)C(=O)N1c1cccc(C(F)(F)F)c1. The number of nitrogens with zero attached hydrogens (tertiary/aromatic N) is 4. The van der Waals surface area contributed by atoms with Crippen molar-refractivity contribution in [3.8, 4) is 12.1 Å². The number of nitriles is 2. The van der Waals surface area contributed by atoms with E-state index in [0.717, 1.165) is 36.6 Å². The molecule has 1 atom stereocenters. The number of sulfonamides is 1. The lowest BCUT2D eigenvalue weighted by atomic mass is 9.94. The van der Waals surface area contributed by atoms with Crippen LogP contribution in [0.3, 0.4) is 0 Å². The van der Waals surface area contributed by atoms with Gasteiger partial charge in [0.1, 0.15) is 6.04 Å². The van der Waals surface area contributed by atoms with Crippen molar-refractivity contribution < 1.29 is 34.8 Å². The number of rotatable bonds is 5. The van der Waals surface area contributed by atoms with Gasteiger partial charge in [0.2, 0.25) is 10.0 Å². The van der Waals surface area contributed by atoms with Crippen molar-refractivity contribution in [1.29, 1.82) is 10.5 Å². The second kappa shape index (κ2) is 9.78. The maximum atomic E-state index is 13.8. The van der Waals surface area contributed by atoms with Gasteiger partial charge >= 0.3 is 12.2 Å². The number of carbonyl (C=O) groups is 1. The summed E-state index contributed by atoms with van der Waals surface area (Å²) >= 11 is 0. The van der Waals surface area contributed by atoms with Crippen LogP contribution in [0.5, 0.6) is 0 Å². The van der Waals surface area contributed by atoms with Crippen LogP contribution in [0, 0.1) is 22.7 Å². The Labute approximate surface area is 218 Å². The summed E-state index contributed by atoms with van der Waals surface area (Å²) in [5.74, 6) is 0. The maximum absolute atomic E-state index is 13.8. The molecule has 9 nitrogen and oxygen atoms in total. The molecule has 0 N–H and O–H groups in total. The van der Waals surface area contributed by atoms with Crippen LogP contribution in [0.25, 0.3) is 0 Å². The first-order valence-corrected chi connectivity index (χ1v) is 14.3. The van der Waals surface area contributed by atoms with Gasteiger partial charge in [-0.15, -0.1) is 0 Å². The number of hydrogen-bond donors (Lipinski definition) is 0. The van der Waals surface area contributed by atoms with Crippen molar-refractivity contribution >= 4 is 31.6 Å². The Balaban J connectivity index is 2.46. The second-order valence-corrected chi connectivity index (χ2v) is 13.1. The van der Waals surface area contributed by atoms with Gasteiger partial charge in [-0.1, -0.05) is 12.1 Å². The van der Waals surface area contributed by atoms with Crippen molar-refractivity contribution in [3.63, 3.8) is 0 Å². The highest BCUT2D eigenvalue weighted by Gasteiger charge is 2.48. The standard InChI is InChI=1S/C24H21F3N4O5S2/c1-14(2)38(35,36)31-22(19-9-8-16(12-28)10-21(19)37(4,33)34)20(13-29)15(3)30(23(31)32)18-7-5-6-17(11-18)24(25,26)27/h5-11,14,22H,1-4H3. The van der Waals surface area contributed by atoms with Gasteiger partial charge in [0, 0.05) is 12.0 Å². The lowest BCUT2D eigenvalue weighted by Crippen LogP contribution is -2.53. The summed E-state index contributed by atoms with van der Waals surface area (Å²) < 4.78 is 92.8. The van der Waals surface area contributed by atoms with Gasteiger partial charge in [-0.2, -0.15) is 23.7 Å². The van der Waals surface area contributed by atoms with Crippen molar-refractivity contribution in [3.05, 3.63) is 70.4 Å². The van der Waals surface area contributed by atoms with Crippen LogP contribution in [-0.2, 0) is 26.0 Å². The van der Waals surface area contributed by atoms with E-state index in [1.807, 2.05) is 6.07 Å². The third-order valence-electron chi connectivity index (χ3n) is 5.87. The lowest BCUT2D eigenvalue weighted by Gasteiger charge is -2.42. The number of sulfone groups is 1. The fraction of sp³-hybridized carbons (Fsp3) is 0.292. The van der Waals surface area contributed by atoms with Crippen LogP contribution < -0.4 is 4.90 Å². The minimum Gasteiger partial charge on any atom is -0.265 e.